The van der Waals surface area contributed by atoms with Crippen LogP contribution >= 0.6 is 11.3 Å². The van der Waals surface area contributed by atoms with Gasteiger partial charge in [0.15, 0.2) is 6.61 Å². The normalized spacial score (nSPS) is 10.3. The van der Waals surface area contributed by atoms with E-state index in [1.165, 1.54) is 18.4 Å². The van der Waals surface area contributed by atoms with Crippen LogP contribution in [0.2, 0.25) is 0 Å². The van der Waals surface area contributed by atoms with Gasteiger partial charge < -0.3 is 14.8 Å². The van der Waals surface area contributed by atoms with E-state index in [0.717, 1.165) is 16.0 Å². The van der Waals surface area contributed by atoms with Crippen molar-refractivity contribution >= 4 is 28.2 Å². The molecule has 2 rings (SSSR count). The van der Waals surface area contributed by atoms with Gasteiger partial charge in [0.05, 0.1) is 12.7 Å². The van der Waals surface area contributed by atoms with Crippen LogP contribution in [0.4, 0.5) is 5.00 Å². The second-order valence-corrected chi connectivity index (χ2v) is 6.51. The summed E-state index contributed by atoms with van der Waals surface area (Å²) in [7, 11) is 1.33. The zero-order valence-electron chi connectivity index (χ0n) is 14.3. The second kappa shape index (κ2) is 7.97. The number of anilines is 1. The molecule has 5 nitrogen and oxygen atoms in total. The lowest BCUT2D eigenvalue weighted by Crippen LogP contribution is -2.21. The molecule has 0 aliphatic heterocycles. The van der Waals surface area contributed by atoms with Crippen LogP contribution in [-0.2, 0) is 16.0 Å². The highest BCUT2D eigenvalue weighted by molar-refractivity contribution is 7.16. The van der Waals surface area contributed by atoms with Crippen LogP contribution < -0.4 is 10.1 Å². The van der Waals surface area contributed by atoms with E-state index < -0.39 is 5.97 Å². The van der Waals surface area contributed by atoms with Crippen molar-refractivity contribution in [2.75, 3.05) is 19.0 Å². The maximum atomic E-state index is 12.2. The summed E-state index contributed by atoms with van der Waals surface area (Å²) in [5, 5.41) is 3.27. The number of carbonyl (C=O) groups is 2. The van der Waals surface area contributed by atoms with Crippen LogP contribution in [0, 0.1) is 13.8 Å². The fourth-order valence-electron chi connectivity index (χ4n) is 2.43. The number of benzene rings is 1. The molecule has 24 heavy (non-hydrogen) atoms. The zero-order chi connectivity index (χ0) is 17.7. The van der Waals surface area contributed by atoms with Crippen molar-refractivity contribution in [3.8, 4) is 5.75 Å². The monoisotopic (exact) mass is 347 g/mol. The Labute approximate surface area is 145 Å². The third-order valence-electron chi connectivity index (χ3n) is 3.66. The predicted molar refractivity (Wildman–Crippen MR) is 95.1 cm³/mol. The number of ether oxygens (including phenoxy) is 2. The number of hydrogen-bond donors (Lipinski definition) is 1. The topological polar surface area (TPSA) is 64.6 Å². The average molecular weight is 347 g/mol. The first-order valence-corrected chi connectivity index (χ1v) is 8.48. The lowest BCUT2D eigenvalue weighted by molar-refractivity contribution is -0.118. The summed E-state index contributed by atoms with van der Waals surface area (Å²) >= 11 is 1.37. The van der Waals surface area contributed by atoms with Gasteiger partial charge in [0.25, 0.3) is 5.91 Å². The van der Waals surface area contributed by atoms with E-state index in [-0.39, 0.29) is 12.5 Å². The fraction of sp³-hybridized carbons (Fsp3) is 0.333. The minimum Gasteiger partial charge on any atom is -0.483 e. The highest BCUT2D eigenvalue weighted by atomic mass is 32.1. The molecule has 0 fully saturated rings. The van der Waals surface area contributed by atoms with Crippen molar-refractivity contribution in [1.29, 1.82) is 0 Å². The largest absolute Gasteiger partial charge is 0.483 e. The van der Waals surface area contributed by atoms with Gasteiger partial charge in [0.1, 0.15) is 10.8 Å². The Bertz CT molecular complexity index is 751. The molecule has 1 amide bonds. The maximum Gasteiger partial charge on any atom is 0.341 e. The first kappa shape index (κ1) is 18.0. The molecule has 1 aromatic heterocycles. The van der Waals surface area contributed by atoms with Crippen molar-refractivity contribution in [2.45, 2.75) is 27.2 Å². The number of hydrogen-bond acceptors (Lipinski definition) is 5. The van der Waals surface area contributed by atoms with Crippen LogP contribution in [0.3, 0.4) is 0 Å². The Kier molecular flexibility index (Phi) is 5.98. The molecule has 0 saturated carbocycles. The Morgan fingerprint density at radius 2 is 1.92 bits per heavy atom. The van der Waals surface area contributed by atoms with Crippen LogP contribution in [0.15, 0.2) is 24.3 Å². The molecule has 0 aliphatic rings. The third kappa shape index (κ3) is 3.94. The minimum atomic E-state index is -0.439. The van der Waals surface area contributed by atoms with Gasteiger partial charge in [-0.15, -0.1) is 11.3 Å². The van der Waals surface area contributed by atoms with Gasteiger partial charge in [0.2, 0.25) is 0 Å². The van der Waals surface area contributed by atoms with Crippen LogP contribution in [0.1, 0.15) is 33.3 Å². The van der Waals surface area contributed by atoms with Crippen molar-refractivity contribution in [1.82, 2.24) is 0 Å². The molecular formula is C18H21NO4S. The molecule has 1 N–H and O–H groups in total. The van der Waals surface area contributed by atoms with Gasteiger partial charge >= 0.3 is 5.97 Å². The standard InChI is InChI=1S/C18H21NO4S/c1-5-13-12(3)24-17(16(13)18(21)22-4)19-15(20)10-23-14-9-7-6-8-11(14)2/h6-9H,5,10H2,1-4H3,(H,19,20). The van der Waals surface area contributed by atoms with Gasteiger partial charge in [-0.05, 0) is 37.5 Å². The molecule has 0 atom stereocenters. The lowest BCUT2D eigenvalue weighted by Gasteiger charge is -2.09. The molecule has 0 radical (unpaired) electrons. The van der Waals surface area contributed by atoms with Crippen molar-refractivity contribution < 1.29 is 19.1 Å². The van der Waals surface area contributed by atoms with Gasteiger partial charge in [-0.25, -0.2) is 4.79 Å². The molecule has 128 valence electrons. The van der Waals surface area contributed by atoms with Gasteiger partial charge in [-0.2, -0.15) is 0 Å². The third-order valence-corrected chi connectivity index (χ3v) is 4.72. The molecule has 0 bridgehead atoms. The van der Waals surface area contributed by atoms with E-state index in [2.05, 4.69) is 5.32 Å². The van der Waals surface area contributed by atoms with E-state index in [1.54, 1.807) is 0 Å². The number of amides is 1. The lowest BCUT2D eigenvalue weighted by atomic mass is 10.1. The number of esters is 1. The maximum absolute atomic E-state index is 12.2. The number of para-hydroxylation sites is 1. The number of methoxy groups -OCH3 is 1. The highest BCUT2D eigenvalue weighted by Crippen LogP contribution is 2.34. The Morgan fingerprint density at radius 1 is 1.21 bits per heavy atom. The van der Waals surface area contributed by atoms with Gasteiger partial charge in [0, 0.05) is 4.88 Å². The van der Waals surface area contributed by atoms with Crippen molar-refractivity contribution in [3.63, 3.8) is 0 Å². The molecule has 1 heterocycles. The molecule has 0 aliphatic carbocycles. The number of nitrogens with one attached hydrogen (secondary N) is 1. The first-order valence-electron chi connectivity index (χ1n) is 7.66. The van der Waals surface area contributed by atoms with Gasteiger partial charge in [-0.3, -0.25) is 4.79 Å². The highest BCUT2D eigenvalue weighted by Gasteiger charge is 2.23. The minimum absolute atomic E-state index is 0.121. The fourth-order valence-corrected chi connectivity index (χ4v) is 3.58. The van der Waals surface area contributed by atoms with E-state index >= 15 is 0 Å². The summed E-state index contributed by atoms with van der Waals surface area (Å²) in [6.45, 7) is 5.69. The Hall–Kier alpha value is -2.34. The van der Waals surface area contributed by atoms with E-state index in [9.17, 15) is 9.59 Å². The summed E-state index contributed by atoms with van der Waals surface area (Å²) < 4.78 is 10.4. The summed E-state index contributed by atoms with van der Waals surface area (Å²) in [6.07, 6.45) is 0.697. The quantitative estimate of drug-likeness (QED) is 0.809. The molecular weight excluding hydrogens is 326 g/mol. The molecule has 6 heteroatoms. The number of carbonyl (C=O) groups excluding carboxylic acids is 2. The summed E-state index contributed by atoms with van der Waals surface area (Å²) in [6, 6.07) is 7.49. The molecule has 0 spiro atoms. The summed E-state index contributed by atoms with van der Waals surface area (Å²) in [5.74, 6) is -0.0870. The Balaban J connectivity index is 2.11. The second-order valence-electron chi connectivity index (χ2n) is 5.29. The van der Waals surface area contributed by atoms with Crippen LogP contribution in [0.5, 0.6) is 5.75 Å². The average Bonchev–Trinajstić information content (AvgIpc) is 2.88. The number of rotatable bonds is 6. The SMILES string of the molecule is CCc1c(C)sc(NC(=O)COc2ccccc2C)c1C(=O)OC. The Morgan fingerprint density at radius 3 is 2.54 bits per heavy atom. The number of aryl methyl sites for hydroxylation is 2. The first-order chi connectivity index (χ1) is 11.5. The summed E-state index contributed by atoms with van der Waals surface area (Å²) in [5.41, 5.74) is 2.30. The zero-order valence-corrected chi connectivity index (χ0v) is 15.1. The van der Waals surface area contributed by atoms with Crippen molar-refractivity contribution in [3.05, 3.63) is 45.8 Å². The molecule has 1 aromatic carbocycles. The summed E-state index contributed by atoms with van der Waals surface area (Å²) in [4.78, 5) is 25.2. The predicted octanol–water partition coefficient (Wildman–Crippen LogP) is 3.73. The van der Waals surface area contributed by atoms with E-state index in [4.69, 9.17) is 9.47 Å². The van der Waals surface area contributed by atoms with E-state index in [1.807, 2.05) is 45.0 Å². The molecule has 0 unspecified atom stereocenters. The van der Waals surface area contributed by atoms with E-state index in [0.29, 0.717) is 22.7 Å². The van der Waals surface area contributed by atoms with Gasteiger partial charge in [-0.1, -0.05) is 25.1 Å². The van der Waals surface area contributed by atoms with Crippen LogP contribution in [0.25, 0.3) is 0 Å². The smallest absolute Gasteiger partial charge is 0.341 e. The van der Waals surface area contributed by atoms with Crippen molar-refractivity contribution in [2.24, 2.45) is 0 Å². The number of thiophene rings is 1. The molecule has 2 aromatic rings. The molecule has 0 saturated heterocycles. The van der Waals surface area contributed by atoms with Crippen LogP contribution in [-0.4, -0.2) is 25.6 Å².